The quantitative estimate of drug-likeness (QED) is 0.245. The zero-order valence-corrected chi connectivity index (χ0v) is 22.3. The third-order valence-electron chi connectivity index (χ3n) is 6.07. The molecule has 1 heterocycles. The summed E-state index contributed by atoms with van der Waals surface area (Å²) in [7, 11) is 4.58. The van der Waals surface area contributed by atoms with Gasteiger partial charge in [0.05, 0.1) is 21.3 Å². The monoisotopic (exact) mass is 543 g/mol. The number of aromatic nitrogens is 2. The average molecular weight is 544 g/mol. The van der Waals surface area contributed by atoms with E-state index in [1.54, 1.807) is 36.4 Å². The van der Waals surface area contributed by atoms with Crippen LogP contribution in [0.15, 0.2) is 71.1 Å². The van der Waals surface area contributed by atoms with Gasteiger partial charge in [-0.25, -0.2) is 0 Å². The van der Waals surface area contributed by atoms with Crippen molar-refractivity contribution in [3.63, 3.8) is 0 Å². The number of hydrogen-bond acceptors (Lipinski definition) is 8. The summed E-state index contributed by atoms with van der Waals surface area (Å²) in [6, 6.07) is 19.7. The molecule has 0 aliphatic rings. The van der Waals surface area contributed by atoms with Crippen LogP contribution in [-0.2, 0) is 4.79 Å². The van der Waals surface area contributed by atoms with E-state index in [0.717, 1.165) is 16.7 Å². The summed E-state index contributed by atoms with van der Waals surface area (Å²) in [6.07, 6.45) is 3.19. The molecule has 0 spiro atoms. The molecule has 3 aromatic carbocycles. The number of benzene rings is 3. The predicted molar refractivity (Wildman–Crippen MR) is 148 cm³/mol. The second kappa shape index (κ2) is 13.1. The van der Waals surface area contributed by atoms with Gasteiger partial charge in [-0.15, -0.1) is 10.2 Å². The van der Waals surface area contributed by atoms with Crippen molar-refractivity contribution >= 4 is 24.0 Å². The lowest BCUT2D eigenvalue weighted by Gasteiger charge is -2.14. The Bertz CT molecular complexity index is 1460. The largest absolute Gasteiger partial charge is 0.493 e. The van der Waals surface area contributed by atoms with Crippen molar-refractivity contribution in [2.45, 2.75) is 18.9 Å². The lowest BCUT2D eigenvalue weighted by atomic mass is 10.0. The van der Waals surface area contributed by atoms with E-state index in [9.17, 15) is 14.7 Å². The van der Waals surface area contributed by atoms with Gasteiger partial charge < -0.3 is 29.1 Å². The third-order valence-corrected chi connectivity index (χ3v) is 6.07. The summed E-state index contributed by atoms with van der Waals surface area (Å²) in [5, 5.41) is 20.1. The molecule has 1 aromatic heterocycles. The van der Waals surface area contributed by atoms with Crippen molar-refractivity contribution < 1.29 is 33.3 Å². The fourth-order valence-electron chi connectivity index (χ4n) is 4.03. The second-order valence-corrected chi connectivity index (χ2v) is 8.67. The molecule has 0 radical (unpaired) electrons. The second-order valence-electron chi connectivity index (χ2n) is 8.67. The highest BCUT2D eigenvalue weighted by Gasteiger charge is 2.22. The highest BCUT2D eigenvalue weighted by atomic mass is 16.5. The van der Waals surface area contributed by atoms with Gasteiger partial charge in [-0.1, -0.05) is 42.5 Å². The number of hydrogen-bond donors (Lipinski definition) is 2. The van der Waals surface area contributed by atoms with E-state index in [1.165, 1.54) is 21.3 Å². The molecule has 0 aliphatic heterocycles. The van der Waals surface area contributed by atoms with Crippen molar-refractivity contribution in [3.8, 4) is 28.4 Å². The lowest BCUT2D eigenvalue weighted by molar-refractivity contribution is -0.137. The fraction of sp³-hybridized carbons (Fsp3) is 0.200. The number of methoxy groups -OCH3 is 3. The minimum absolute atomic E-state index is 0.0708. The Labute approximate surface area is 231 Å². The first-order valence-corrected chi connectivity index (χ1v) is 12.4. The topological polar surface area (TPSA) is 133 Å². The van der Waals surface area contributed by atoms with Crippen LogP contribution in [0.4, 0.5) is 0 Å². The third kappa shape index (κ3) is 6.84. The van der Waals surface area contributed by atoms with Crippen LogP contribution in [0.2, 0.25) is 0 Å². The van der Waals surface area contributed by atoms with Crippen LogP contribution in [0, 0.1) is 0 Å². The standard InChI is InChI=1S/C30H29N3O7/c1-37-24-17-19(18-25(38-2)28(24)39-3)9-15-26-32-33-30(40-26)23(14-16-27(34)35)31-29(36)22-12-10-21(11-13-22)20-7-5-4-6-8-20/h4-13,15,17-18,23H,14,16H2,1-3H3,(H,31,36)(H,34,35)/t23-/m0/s1. The molecule has 1 amide bonds. The first-order chi connectivity index (χ1) is 19.4. The van der Waals surface area contributed by atoms with Gasteiger partial charge in [-0.2, -0.15) is 0 Å². The molecule has 4 rings (SSSR count). The number of carboxylic acid groups (broad SMARTS) is 1. The van der Waals surface area contributed by atoms with Crippen molar-refractivity contribution in [2.75, 3.05) is 21.3 Å². The number of rotatable bonds is 12. The minimum Gasteiger partial charge on any atom is -0.493 e. The molecule has 0 aliphatic carbocycles. The molecule has 0 saturated heterocycles. The molecule has 0 unspecified atom stereocenters. The Balaban J connectivity index is 1.51. The Kier molecular flexibility index (Phi) is 9.14. The van der Waals surface area contributed by atoms with E-state index in [-0.39, 0.29) is 30.5 Å². The number of carbonyl (C=O) groups is 2. The van der Waals surface area contributed by atoms with E-state index in [0.29, 0.717) is 22.8 Å². The molecule has 10 heteroatoms. The predicted octanol–water partition coefficient (Wildman–Crippen LogP) is 5.27. The number of nitrogens with one attached hydrogen (secondary N) is 1. The van der Waals surface area contributed by atoms with E-state index < -0.39 is 12.0 Å². The Morgan fingerprint density at radius 3 is 2.15 bits per heavy atom. The van der Waals surface area contributed by atoms with Crippen LogP contribution in [0.25, 0.3) is 23.3 Å². The maximum atomic E-state index is 13.0. The minimum atomic E-state index is -1.01. The summed E-state index contributed by atoms with van der Waals surface area (Å²) >= 11 is 0. The molecule has 206 valence electrons. The van der Waals surface area contributed by atoms with Gasteiger partial charge >= 0.3 is 5.97 Å². The highest BCUT2D eigenvalue weighted by molar-refractivity contribution is 5.95. The Morgan fingerprint density at radius 1 is 0.900 bits per heavy atom. The molecule has 4 aromatic rings. The van der Waals surface area contributed by atoms with E-state index in [4.69, 9.17) is 18.6 Å². The van der Waals surface area contributed by atoms with Crippen molar-refractivity contribution in [2.24, 2.45) is 0 Å². The maximum absolute atomic E-state index is 13.0. The summed E-state index contributed by atoms with van der Waals surface area (Å²) < 4.78 is 21.9. The average Bonchev–Trinajstić information content (AvgIpc) is 3.46. The fourth-order valence-corrected chi connectivity index (χ4v) is 4.03. The molecule has 0 saturated carbocycles. The Hall–Kier alpha value is -5.12. The Morgan fingerprint density at radius 2 is 1.55 bits per heavy atom. The van der Waals surface area contributed by atoms with Gasteiger partial charge in [0, 0.05) is 18.1 Å². The molecule has 2 N–H and O–H groups in total. The molecule has 0 fully saturated rings. The number of aliphatic carboxylic acids is 1. The SMILES string of the molecule is COc1cc(C=Cc2nnc([C@H](CCC(=O)O)NC(=O)c3ccc(-c4ccccc4)cc3)o2)cc(OC)c1OC. The van der Waals surface area contributed by atoms with Crippen LogP contribution in [-0.4, -0.2) is 48.5 Å². The van der Waals surface area contributed by atoms with Gasteiger partial charge in [0.2, 0.25) is 17.5 Å². The summed E-state index contributed by atoms with van der Waals surface area (Å²) in [5.41, 5.74) is 3.15. The first-order valence-electron chi connectivity index (χ1n) is 12.4. The normalized spacial score (nSPS) is 11.7. The molecule has 40 heavy (non-hydrogen) atoms. The highest BCUT2D eigenvalue weighted by Crippen LogP contribution is 2.38. The van der Waals surface area contributed by atoms with Crippen molar-refractivity contribution in [1.82, 2.24) is 15.5 Å². The summed E-state index contributed by atoms with van der Waals surface area (Å²) in [6.45, 7) is 0. The van der Waals surface area contributed by atoms with Crippen LogP contribution in [0.5, 0.6) is 17.2 Å². The van der Waals surface area contributed by atoms with E-state index in [1.807, 2.05) is 42.5 Å². The molecule has 10 nitrogen and oxygen atoms in total. The van der Waals surface area contributed by atoms with Gasteiger partial charge in [0.25, 0.3) is 5.91 Å². The van der Waals surface area contributed by atoms with E-state index >= 15 is 0 Å². The van der Waals surface area contributed by atoms with Gasteiger partial charge in [-0.3, -0.25) is 9.59 Å². The van der Waals surface area contributed by atoms with Gasteiger partial charge in [-0.05, 0) is 53.5 Å². The zero-order valence-electron chi connectivity index (χ0n) is 22.3. The van der Waals surface area contributed by atoms with E-state index in [2.05, 4.69) is 15.5 Å². The lowest BCUT2D eigenvalue weighted by Crippen LogP contribution is -2.29. The van der Waals surface area contributed by atoms with Crippen LogP contribution in [0.1, 0.15) is 46.6 Å². The number of ether oxygens (including phenoxy) is 3. The molecule has 0 bridgehead atoms. The summed E-state index contributed by atoms with van der Waals surface area (Å²) in [5.74, 6) is 0.317. The smallest absolute Gasteiger partial charge is 0.303 e. The van der Waals surface area contributed by atoms with Crippen LogP contribution < -0.4 is 19.5 Å². The van der Waals surface area contributed by atoms with Crippen LogP contribution in [0.3, 0.4) is 0 Å². The molecular formula is C30H29N3O7. The van der Waals surface area contributed by atoms with Crippen LogP contribution >= 0.6 is 0 Å². The summed E-state index contributed by atoms with van der Waals surface area (Å²) in [4.78, 5) is 24.3. The number of nitrogens with zero attached hydrogens (tertiary/aromatic N) is 2. The van der Waals surface area contributed by atoms with Crippen molar-refractivity contribution in [3.05, 3.63) is 89.6 Å². The molecular weight excluding hydrogens is 514 g/mol. The maximum Gasteiger partial charge on any atom is 0.303 e. The number of carboxylic acids is 1. The molecule has 1 atom stereocenters. The van der Waals surface area contributed by atoms with Crippen molar-refractivity contribution in [1.29, 1.82) is 0 Å². The van der Waals surface area contributed by atoms with Gasteiger partial charge in [0.1, 0.15) is 6.04 Å². The first kappa shape index (κ1) is 27.9. The number of carbonyl (C=O) groups excluding carboxylic acids is 1. The number of amides is 1. The zero-order chi connectivity index (χ0) is 28.5. The van der Waals surface area contributed by atoms with Gasteiger partial charge in [0.15, 0.2) is 11.5 Å².